The van der Waals surface area contributed by atoms with Crippen LogP contribution >= 0.6 is 0 Å². The predicted molar refractivity (Wildman–Crippen MR) is 92.0 cm³/mol. The zero-order valence-corrected chi connectivity index (χ0v) is 14.6. The molecule has 0 saturated heterocycles. The zero-order valence-electron chi connectivity index (χ0n) is 14.6. The van der Waals surface area contributed by atoms with Crippen LogP contribution in [0, 0.1) is 0 Å². The van der Waals surface area contributed by atoms with Gasteiger partial charge in [0.2, 0.25) is 0 Å². The molecule has 0 spiro atoms. The number of likely N-dealkylation sites (N-methyl/N-ethyl adjacent to an activating group) is 1. The Morgan fingerprint density at radius 2 is 1.05 bits per heavy atom. The van der Waals surface area contributed by atoms with E-state index in [4.69, 9.17) is 9.47 Å². The molecule has 0 aromatic carbocycles. The summed E-state index contributed by atoms with van der Waals surface area (Å²) in [4.78, 5) is 0. The zero-order chi connectivity index (χ0) is 15.4. The molecule has 21 heavy (non-hydrogen) atoms. The van der Waals surface area contributed by atoms with E-state index in [2.05, 4.69) is 12.2 Å². The Balaban J connectivity index is 2.90. The lowest BCUT2D eigenvalue weighted by Gasteiger charge is -2.06. The lowest BCUT2D eigenvalue weighted by atomic mass is 10.1. The van der Waals surface area contributed by atoms with Gasteiger partial charge in [-0.05, 0) is 13.5 Å². The first-order valence-electron chi connectivity index (χ1n) is 9.22. The SMILES string of the molecule is CCCCCCCCCCCCCOCCOCCNC. The molecule has 0 atom stereocenters. The Labute approximate surface area is 133 Å². The van der Waals surface area contributed by atoms with Crippen molar-refractivity contribution in [2.45, 2.75) is 77.6 Å². The molecule has 0 heterocycles. The number of ether oxygens (including phenoxy) is 2. The fourth-order valence-electron chi connectivity index (χ4n) is 2.36. The summed E-state index contributed by atoms with van der Waals surface area (Å²) in [5.74, 6) is 0. The molecular formula is C18H39NO2. The maximum atomic E-state index is 5.55. The molecule has 0 bridgehead atoms. The van der Waals surface area contributed by atoms with Crippen molar-refractivity contribution in [1.82, 2.24) is 5.32 Å². The molecule has 0 fully saturated rings. The topological polar surface area (TPSA) is 30.5 Å². The largest absolute Gasteiger partial charge is 0.379 e. The van der Waals surface area contributed by atoms with E-state index in [-0.39, 0.29) is 0 Å². The molecule has 0 amide bonds. The normalized spacial score (nSPS) is 11.1. The lowest BCUT2D eigenvalue weighted by molar-refractivity contribution is 0.0477. The maximum absolute atomic E-state index is 5.55. The van der Waals surface area contributed by atoms with Gasteiger partial charge in [-0.1, -0.05) is 71.1 Å². The molecule has 0 aromatic rings. The van der Waals surface area contributed by atoms with Gasteiger partial charge >= 0.3 is 0 Å². The highest BCUT2D eigenvalue weighted by Gasteiger charge is 1.94. The molecule has 0 radical (unpaired) electrons. The summed E-state index contributed by atoms with van der Waals surface area (Å²) in [5, 5.41) is 3.05. The van der Waals surface area contributed by atoms with Crippen molar-refractivity contribution < 1.29 is 9.47 Å². The van der Waals surface area contributed by atoms with Crippen molar-refractivity contribution in [3.63, 3.8) is 0 Å². The first-order valence-corrected chi connectivity index (χ1v) is 9.22. The molecule has 128 valence electrons. The van der Waals surface area contributed by atoms with Crippen molar-refractivity contribution in [3.8, 4) is 0 Å². The molecule has 0 aliphatic carbocycles. The van der Waals surface area contributed by atoms with Crippen LogP contribution in [0.4, 0.5) is 0 Å². The third-order valence-electron chi connectivity index (χ3n) is 3.76. The first kappa shape index (κ1) is 20.9. The third kappa shape index (κ3) is 19.9. The van der Waals surface area contributed by atoms with Gasteiger partial charge in [0.15, 0.2) is 0 Å². The molecule has 1 N–H and O–H groups in total. The van der Waals surface area contributed by atoms with Gasteiger partial charge in [0, 0.05) is 13.2 Å². The fourth-order valence-corrected chi connectivity index (χ4v) is 2.36. The average molecular weight is 302 g/mol. The summed E-state index contributed by atoms with van der Waals surface area (Å²) in [6, 6.07) is 0. The Hall–Kier alpha value is -0.120. The van der Waals surface area contributed by atoms with Crippen molar-refractivity contribution in [3.05, 3.63) is 0 Å². The van der Waals surface area contributed by atoms with E-state index in [0.29, 0.717) is 0 Å². The lowest BCUT2D eigenvalue weighted by Crippen LogP contribution is -2.16. The highest BCUT2D eigenvalue weighted by atomic mass is 16.5. The minimum atomic E-state index is 0.722. The van der Waals surface area contributed by atoms with E-state index in [1.165, 1.54) is 70.6 Å². The Bertz CT molecular complexity index is 159. The molecule has 3 heteroatoms. The van der Waals surface area contributed by atoms with Gasteiger partial charge in [0.05, 0.1) is 19.8 Å². The van der Waals surface area contributed by atoms with Gasteiger partial charge < -0.3 is 14.8 Å². The summed E-state index contributed by atoms with van der Waals surface area (Å²) in [6.45, 7) is 6.32. The summed E-state index contributed by atoms with van der Waals surface area (Å²) in [5.41, 5.74) is 0. The molecule has 0 unspecified atom stereocenters. The standard InChI is InChI=1S/C18H39NO2/c1-3-4-5-6-7-8-9-10-11-12-13-15-20-17-18-21-16-14-19-2/h19H,3-18H2,1-2H3. The fraction of sp³-hybridized carbons (Fsp3) is 1.00. The minimum absolute atomic E-state index is 0.722. The van der Waals surface area contributed by atoms with Gasteiger partial charge in [-0.25, -0.2) is 0 Å². The molecule has 0 saturated carbocycles. The van der Waals surface area contributed by atoms with E-state index in [1.54, 1.807) is 0 Å². The smallest absolute Gasteiger partial charge is 0.0701 e. The van der Waals surface area contributed by atoms with Gasteiger partial charge in [-0.3, -0.25) is 0 Å². The number of hydrogen-bond acceptors (Lipinski definition) is 3. The summed E-state index contributed by atoms with van der Waals surface area (Å²) in [6.07, 6.45) is 15.2. The average Bonchev–Trinajstić information content (AvgIpc) is 2.50. The second-order valence-electron chi connectivity index (χ2n) is 5.86. The molecule has 3 nitrogen and oxygen atoms in total. The van der Waals surface area contributed by atoms with Crippen LogP contribution in [0.2, 0.25) is 0 Å². The molecule has 0 rings (SSSR count). The summed E-state index contributed by atoms with van der Waals surface area (Å²) < 4.78 is 10.9. The van der Waals surface area contributed by atoms with Crippen LogP contribution in [0.25, 0.3) is 0 Å². The Morgan fingerprint density at radius 1 is 0.571 bits per heavy atom. The van der Waals surface area contributed by atoms with Gasteiger partial charge in [0.1, 0.15) is 0 Å². The van der Waals surface area contributed by atoms with E-state index < -0.39 is 0 Å². The second kappa shape index (κ2) is 19.9. The number of unbranched alkanes of at least 4 members (excludes halogenated alkanes) is 10. The quantitative estimate of drug-likeness (QED) is 0.377. The molecule has 0 aliphatic rings. The van der Waals surface area contributed by atoms with E-state index in [0.717, 1.165) is 33.0 Å². The predicted octanol–water partition coefficient (Wildman–Crippen LogP) is 4.55. The minimum Gasteiger partial charge on any atom is -0.379 e. The third-order valence-corrected chi connectivity index (χ3v) is 3.76. The molecular weight excluding hydrogens is 262 g/mol. The van der Waals surface area contributed by atoms with E-state index in [9.17, 15) is 0 Å². The van der Waals surface area contributed by atoms with Crippen LogP contribution in [0.5, 0.6) is 0 Å². The van der Waals surface area contributed by atoms with Crippen LogP contribution in [-0.2, 0) is 9.47 Å². The maximum Gasteiger partial charge on any atom is 0.0701 e. The van der Waals surface area contributed by atoms with Crippen molar-refractivity contribution >= 4 is 0 Å². The van der Waals surface area contributed by atoms with Crippen LogP contribution < -0.4 is 5.32 Å². The Morgan fingerprint density at radius 3 is 1.57 bits per heavy atom. The van der Waals surface area contributed by atoms with E-state index >= 15 is 0 Å². The van der Waals surface area contributed by atoms with Crippen LogP contribution in [0.3, 0.4) is 0 Å². The van der Waals surface area contributed by atoms with Crippen LogP contribution in [-0.4, -0.2) is 40.0 Å². The van der Waals surface area contributed by atoms with Gasteiger partial charge in [-0.2, -0.15) is 0 Å². The molecule has 0 aliphatic heterocycles. The summed E-state index contributed by atoms with van der Waals surface area (Å²) in [7, 11) is 1.94. The number of rotatable bonds is 18. The van der Waals surface area contributed by atoms with Crippen molar-refractivity contribution in [2.75, 3.05) is 40.0 Å². The highest BCUT2D eigenvalue weighted by Crippen LogP contribution is 2.11. The second-order valence-corrected chi connectivity index (χ2v) is 5.86. The van der Waals surface area contributed by atoms with Crippen LogP contribution in [0.1, 0.15) is 77.6 Å². The highest BCUT2D eigenvalue weighted by molar-refractivity contribution is 4.48. The monoisotopic (exact) mass is 301 g/mol. The number of nitrogens with one attached hydrogen (secondary N) is 1. The summed E-state index contributed by atoms with van der Waals surface area (Å²) >= 11 is 0. The molecule has 0 aromatic heterocycles. The van der Waals surface area contributed by atoms with Gasteiger partial charge in [-0.15, -0.1) is 0 Å². The number of hydrogen-bond donors (Lipinski definition) is 1. The van der Waals surface area contributed by atoms with Crippen LogP contribution in [0.15, 0.2) is 0 Å². The van der Waals surface area contributed by atoms with Crippen molar-refractivity contribution in [2.24, 2.45) is 0 Å². The van der Waals surface area contributed by atoms with E-state index in [1.807, 2.05) is 7.05 Å². The van der Waals surface area contributed by atoms with Crippen molar-refractivity contribution in [1.29, 1.82) is 0 Å². The first-order chi connectivity index (χ1) is 10.4. The Kier molecular flexibility index (Phi) is 19.8. The van der Waals surface area contributed by atoms with Gasteiger partial charge in [0.25, 0.3) is 0 Å².